The van der Waals surface area contributed by atoms with Gasteiger partial charge in [0, 0.05) is 22.8 Å². The highest BCUT2D eigenvalue weighted by Gasteiger charge is 2.18. The molecule has 5 nitrogen and oxygen atoms in total. The molecular weight excluding hydrogens is 500 g/mol. The quantitative estimate of drug-likeness (QED) is 0.314. The number of sulfone groups is 1. The van der Waals surface area contributed by atoms with Crippen LogP contribution in [0.15, 0.2) is 46.3 Å². The van der Waals surface area contributed by atoms with E-state index in [2.05, 4.69) is 34.7 Å². The fourth-order valence-corrected chi connectivity index (χ4v) is 4.43. The average Bonchev–Trinajstić information content (AvgIpc) is 3.08. The number of aliphatic imine (C=N–C) groups is 1. The molecule has 2 rings (SSSR count). The number of benzene rings is 1. The van der Waals surface area contributed by atoms with Gasteiger partial charge in [-0.1, -0.05) is 19.1 Å². The molecule has 9 heteroatoms. The predicted octanol–water partition coefficient (Wildman–Crippen LogP) is 3.60. The van der Waals surface area contributed by atoms with Gasteiger partial charge in [0.05, 0.1) is 12.3 Å². The maximum absolute atomic E-state index is 13.7. The summed E-state index contributed by atoms with van der Waals surface area (Å²) in [5, 5.41) is 6.08. The van der Waals surface area contributed by atoms with Crippen molar-refractivity contribution in [3.05, 3.63) is 52.0 Å². The van der Waals surface area contributed by atoms with Crippen LogP contribution >= 0.6 is 35.3 Å². The summed E-state index contributed by atoms with van der Waals surface area (Å²) in [7, 11) is -3.69. The van der Waals surface area contributed by atoms with Crippen molar-refractivity contribution in [3.8, 4) is 0 Å². The van der Waals surface area contributed by atoms with Crippen molar-refractivity contribution in [2.24, 2.45) is 4.99 Å². The van der Waals surface area contributed by atoms with Crippen LogP contribution in [0.4, 0.5) is 4.39 Å². The molecule has 0 spiro atoms. The molecule has 1 aromatic heterocycles. The van der Waals surface area contributed by atoms with E-state index < -0.39 is 15.7 Å². The van der Waals surface area contributed by atoms with Crippen LogP contribution in [0, 0.1) is 5.82 Å². The van der Waals surface area contributed by atoms with Crippen LogP contribution in [-0.2, 0) is 22.8 Å². The van der Waals surface area contributed by atoms with Crippen LogP contribution in [0.3, 0.4) is 0 Å². The predicted molar refractivity (Wildman–Crippen MR) is 120 cm³/mol. The van der Waals surface area contributed by atoms with Gasteiger partial charge in [0.2, 0.25) is 0 Å². The normalized spacial score (nSPS) is 11.7. The van der Waals surface area contributed by atoms with Crippen molar-refractivity contribution in [1.29, 1.82) is 0 Å². The van der Waals surface area contributed by atoms with Gasteiger partial charge in [0.25, 0.3) is 0 Å². The van der Waals surface area contributed by atoms with E-state index in [4.69, 9.17) is 0 Å². The van der Waals surface area contributed by atoms with E-state index >= 15 is 0 Å². The fraction of sp³-hybridized carbons (Fsp3) is 0.389. The van der Waals surface area contributed by atoms with Crippen LogP contribution in [0.2, 0.25) is 0 Å². The first-order valence-electron chi connectivity index (χ1n) is 8.53. The Bertz CT molecular complexity index is 854. The summed E-state index contributed by atoms with van der Waals surface area (Å²) in [5.74, 6) is -0.391. The van der Waals surface area contributed by atoms with Crippen molar-refractivity contribution in [1.82, 2.24) is 10.6 Å². The third-order valence-corrected chi connectivity index (χ3v) is 6.60. The van der Waals surface area contributed by atoms with Crippen LogP contribution in [0.5, 0.6) is 0 Å². The molecular formula is C18H25FIN3O2S2. The van der Waals surface area contributed by atoms with Gasteiger partial charge in [-0.05, 0) is 37.6 Å². The molecule has 0 atom stereocenters. The lowest BCUT2D eigenvalue weighted by atomic mass is 10.3. The molecule has 1 heterocycles. The second-order valence-corrected chi connectivity index (χ2v) is 8.92. The van der Waals surface area contributed by atoms with Gasteiger partial charge >= 0.3 is 0 Å². The fourth-order valence-electron chi connectivity index (χ4n) is 2.31. The zero-order chi connectivity index (χ0) is 19.0. The molecule has 0 fully saturated rings. The van der Waals surface area contributed by atoms with Crippen molar-refractivity contribution in [2.45, 2.75) is 31.7 Å². The van der Waals surface area contributed by atoms with E-state index in [1.54, 1.807) is 11.3 Å². The van der Waals surface area contributed by atoms with Gasteiger partial charge in [-0.3, -0.25) is 0 Å². The zero-order valence-electron chi connectivity index (χ0n) is 15.4. The Labute approximate surface area is 181 Å². The second-order valence-electron chi connectivity index (χ2n) is 5.59. The summed E-state index contributed by atoms with van der Waals surface area (Å²) in [4.78, 5) is 6.67. The Kier molecular flexibility index (Phi) is 10.2. The minimum absolute atomic E-state index is 0. The monoisotopic (exact) mass is 525 g/mol. The Hall–Kier alpha value is -1.20. The van der Waals surface area contributed by atoms with Crippen LogP contribution in [0.25, 0.3) is 0 Å². The lowest BCUT2D eigenvalue weighted by Gasteiger charge is -2.11. The number of aryl methyl sites for hydroxylation is 1. The van der Waals surface area contributed by atoms with Crippen molar-refractivity contribution >= 4 is 51.1 Å². The number of hydrogen-bond donors (Lipinski definition) is 2. The van der Waals surface area contributed by atoms with E-state index in [-0.39, 0.29) is 41.2 Å². The van der Waals surface area contributed by atoms with Gasteiger partial charge in [-0.15, -0.1) is 35.3 Å². The summed E-state index contributed by atoms with van der Waals surface area (Å²) in [6, 6.07) is 9.57. The minimum atomic E-state index is -3.69. The first kappa shape index (κ1) is 23.8. The average molecular weight is 525 g/mol. The molecule has 0 radical (unpaired) electrons. The van der Waals surface area contributed by atoms with Crippen LogP contribution in [0.1, 0.15) is 23.6 Å². The number of rotatable bonds is 8. The highest BCUT2D eigenvalue weighted by atomic mass is 127. The van der Waals surface area contributed by atoms with Gasteiger partial charge in [0.1, 0.15) is 10.7 Å². The van der Waals surface area contributed by atoms with Gasteiger partial charge in [-0.25, -0.2) is 17.8 Å². The molecule has 2 aromatic rings. The maximum Gasteiger partial charge on any atom is 0.191 e. The smallest absolute Gasteiger partial charge is 0.191 e. The van der Waals surface area contributed by atoms with Crippen molar-refractivity contribution in [3.63, 3.8) is 0 Å². The summed E-state index contributed by atoms with van der Waals surface area (Å²) < 4.78 is 38.2. The van der Waals surface area contributed by atoms with Crippen molar-refractivity contribution in [2.75, 3.05) is 18.8 Å². The molecule has 0 amide bonds. The summed E-state index contributed by atoms with van der Waals surface area (Å²) in [6.45, 7) is 5.39. The molecule has 0 aliphatic rings. The molecule has 0 unspecified atom stereocenters. The number of nitrogens with one attached hydrogen (secondary N) is 2. The zero-order valence-corrected chi connectivity index (χ0v) is 19.3. The SMILES string of the molecule is CCNC(=NCc1ccc(CC)s1)NCCS(=O)(=O)c1ccccc1F.I. The number of halogens is 2. The maximum atomic E-state index is 13.7. The van der Waals surface area contributed by atoms with E-state index in [1.807, 2.05) is 6.92 Å². The van der Waals surface area contributed by atoms with E-state index in [9.17, 15) is 12.8 Å². The molecule has 0 aliphatic heterocycles. The Morgan fingerprint density at radius 1 is 1.11 bits per heavy atom. The Morgan fingerprint density at radius 3 is 2.44 bits per heavy atom. The highest BCUT2D eigenvalue weighted by molar-refractivity contribution is 14.0. The van der Waals surface area contributed by atoms with Gasteiger partial charge in [0.15, 0.2) is 15.8 Å². The minimum Gasteiger partial charge on any atom is -0.357 e. The molecule has 2 N–H and O–H groups in total. The lowest BCUT2D eigenvalue weighted by molar-refractivity contribution is 0.566. The van der Waals surface area contributed by atoms with Crippen LogP contribution in [-0.4, -0.2) is 33.2 Å². The summed E-state index contributed by atoms with van der Waals surface area (Å²) >= 11 is 1.72. The Balaban J connectivity index is 0.00000364. The number of thiophene rings is 1. The van der Waals surface area contributed by atoms with E-state index in [0.29, 0.717) is 19.0 Å². The largest absolute Gasteiger partial charge is 0.357 e. The van der Waals surface area contributed by atoms with Gasteiger partial charge in [-0.2, -0.15) is 0 Å². The number of hydrogen-bond acceptors (Lipinski definition) is 4. The standard InChI is InChI=1S/C18H24FN3O2S2.HI/c1-3-14-9-10-15(25-14)13-22-18(20-4-2)21-11-12-26(23,24)17-8-6-5-7-16(17)19;/h5-10H,3-4,11-13H2,1-2H3,(H2,20,21,22);1H. The number of nitrogens with zero attached hydrogens (tertiary/aromatic N) is 1. The molecule has 150 valence electrons. The van der Waals surface area contributed by atoms with Crippen LogP contribution < -0.4 is 10.6 Å². The summed E-state index contributed by atoms with van der Waals surface area (Å²) in [5.41, 5.74) is 0. The van der Waals surface area contributed by atoms with Crippen molar-refractivity contribution < 1.29 is 12.8 Å². The molecule has 0 saturated heterocycles. The Morgan fingerprint density at radius 2 is 1.81 bits per heavy atom. The third-order valence-electron chi connectivity index (χ3n) is 3.64. The topological polar surface area (TPSA) is 70.6 Å². The highest BCUT2D eigenvalue weighted by Crippen LogP contribution is 2.17. The van der Waals surface area contributed by atoms with E-state index in [1.165, 1.54) is 23.1 Å². The first-order chi connectivity index (χ1) is 12.5. The molecule has 0 saturated carbocycles. The molecule has 0 aliphatic carbocycles. The van der Waals surface area contributed by atoms with E-state index in [0.717, 1.165) is 17.4 Å². The first-order valence-corrected chi connectivity index (χ1v) is 11.0. The molecule has 27 heavy (non-hydrogen) atoms. The lowest BCUT2D eigenvalue weighted by Crippen LogP contribution is -2.39. The molecule has 0 bridgehead atoms. The molecule has 1 aromatic carbocycles. The third kappa shape index (κ3) is 7.38. The van der Waals surface area contributed by atoms with Gasteiger partial charge < -0.3 is 10.6 Å². The summed E-state index contributed by atoms with van der Waals surface area (Å²) in [6.07, 6.45) is 1.00. The number of guanidine groups is 1. The second kappa shape index (κ2) is 11.6.